The highest BCUT2D eigenvalue weighted by molar-refractivity contribution is 7.88. The molecule has 0 radical (unpaired) electrons. The highest BCUT2D eigenvalue weighted by Gasteiger charge is 2.30. The van der Waals surface area contributed by atoms with Crippen LogP contribution in [0.4, 0.5) is 0 Å². The van der Waals surface area contributed by atoms with E-state index in [1.807, 2.05) is 0 Å². The van der Waals surface area contributed by atoms with Crippen molar-refractivity contribution in [1.82, 2.24) is 9.62 Å². The van der Waals surface area contributed by atoms with Gasteiger partial charge in [0.05, 0.1) is 12.2 Å². The molecule has 1 rings (SSSR count). The molecule has 0 aliphatic carbocycles. The number of carboxylic acids is 1. The van der Waals surface area contributed by atoms with Crippen molar-refractivity contribution in [3.05, 3.63) is 0 Å². The maximum atomic E-state index is 11.6. The molecule has 0 aromatic heterocycles. The first-order valence-corrected chi connectivity index (χ1v) is 7.10. The van der Waals surface area contributed by atoms with Gasteiger partial charge in [0.1, 0.15) is 6.54 Å². The second-order valence-corrected chi connectivity index (χ2v) is 6.05. The second-order valence-electron chi connectivity index (χ2n) is 4.07. The van der Waals surface area contributed by atoms with Crippen LogP contribution in [0.15, 0.2) is 0 Å². The zero-order chi connectivity index (χ0) is 13.1. The quantitative estimate of drug-likeness (QED) is 0.668. The van der Waals surface area contributed by atoms with Crippen molar-refractivity contribution in [2.75, 3.05) is 25.9 Å². The zero-order valence-corrected chi connectivity index (χ0v) is 10.4. The van der Waals surface area contributed by atoms with Crippen LogP contribution in [-0.2, 0) is 19.6 Å². The minimum Gasteiger partial charge on any atom is -0.480 e. The normalized spacial score (nSPS) is 22.1. The molecule has 1 aliphatic rings. The topological polar surface area (TPSA) is 104 Å². The summed E-state index contributed by atoms with van der Waals surface area (Å²) in [4.78, 5) is 21.9. The zero-order valence-electron chi connectivity index (χ0n) is 9.55. The van der Waals surface area contributed by atoms with Crippen LogP contribution in [0.25, 0.3) is 0 Å². The van der Waals surface area contributed by atoms with Crippen molar-refractivity contribution < 1.29 is 23.1 Å². The Kier molecular flexibility index (Phi) is 4.47. The van der Waals surface area contributed by atoms with Crippen molar-refractivity contribution in [3.8, 4) is 0 Å². The minimum atomic E-state index is -3.29. The van der Waals surface area contributed by atoms with Crippen LogP contribution in [0.3, 0.4) is 0 Å². The maximum Gasteiger partial charge on any atom is 0.322 e. The molecule has 1 atom stereocenters. The van der Waals surface area contributed by atoms with Gasteiger partial charge >= 0.3 is 5.97 Å². The molecule has 1 fully saturated rings. The fraction of sp³-hybridized carbons (Fsp3) is 0.778. The van der Waals surface area contributed by atoms with E-state index in [1.165, 1.54) is 4.31 Å². The van der Waals surface area contributed by atoms with E-state index in [0.29, 0.717) is 19.4 Å². The van der Waals surface area contributed by atoms with Crippen LogP contribution in [0.5, 0.6) is 0 Å². The Morgan fingerprint density at radius 1 is 1.47 bits per heavy atom. The number of carbonyl (C=O) groups excluding carboxylic acids is 1. The summed E-state index contributed by atoms with van der Waals surface area (Å²) in [5.74, 6) is -1.98. The highest BCUT2D eigenvalue weighted by atomic mass is 32.2. The number of amides is 1. The van der Waals surface area contributed by atoms with Gasteiger partial charge < -0.3 is 10.4 Å². The molecule has 17 heavy (non-hydrogen) atoms. The predicted molar refractivity (Wildman–Crippen MR) is 59.8 cm³/mol. The molecule has 0 saturated carbocycles. The number of nitrogens with one attached hydrogen (secondary N) is 1. The first kappa shape index (κ1) is 13.9. The van der Waals surface area contributed by atoms with Gasteiger partial charge in [0.25, 0.3) is 0 Å². The van der Waals surface area contributed by atoms with E-state index in [1.54, 1.807) is 0 Å². The maximum absolute atomic E-state index is 11.6. The number of sulfonamides is 1. The average molecular weight is 264 g/mol. The summed E-state index contributed by atoms with van der Waals surface area (Å²) in [5, 5.41) is 10.7. The minimum absolute atomic E-state index is 0.129. The van der Waals surface area contributed by atoms with Gasteiger partial charge in [0.15, 0.2) is 0 Å². The third-order valence-corrected chi connectivity index (χ3v) is 3.91. The lowest BCUT2D eigenvalue weighted by Crippen LogP contribution is -2.45. The number of hydrogen-bond acceptors (Lipinski definition) is 4. The van der Waals surface area contributed by atoms with Gasteiger partial charge in [-0.3, -0.25) is 9.59 Å². The van der Waals surface area contributed by atoms with Crippen LogP contribution in [0.2, 0.25) is 0 Å². The van der Waals surface area contributed by atoms with Crippen molar-refractivity contribution in [2.24, 2.45) is 5.92 Å². The van der Waals surface area contributed by atoms with Crippen molar-refractivity contribution >= 4 is 21.9 Å². The summed E-state index contributed by atoms with van der Waals surface area (Å²) in [6, 6.07) is 0. The summed E-state index contributed by atoms with van der Waals surface area (Å²) in [6.45, 7) is 0.111. The van der Waals surface area contributed by atoms with Crippen LogP contribution >= 0.6 is 0 Å². The number of nitrogens with zero attached hydrogens (tertiary/aromatic N) is 1. The van der Waals surface area contributed by atoms with Crippen molar-refractivity contribution in [3.63, 3.8) is 0 Å². The average Bonchev–Trinajstić information content (AvgIpc) is 2.25. The number of hydrogen-bond donors (Lipinski definition) is 2. The highest BCUT2D eigenvalue weighted by Crippen LogP contribution is 2.18. The Morgan fingerprint density at radius 3 is 2.65 bits per heavy atom. The number of piperidine rings is 1. The van der Waals surface area contributed by atoms with Crippen molar-refractivity contribution in [2.45, 2.75) is 12.8 Å². The molecule has 98 valence electrons. The van der Waals surface area contributed by atoms with Crippen LogP contribution in [0.1, 0.15) is 12.8 Å². The molecular formula is C9H16N2O5S. The van der Waals surface area contributed by atoms with Gasteiger partial charge in [-0.25, -0.2) is 12.7 Å². The van der Waals surface area contributed by atoms with Crippen LogP contribution in [0, 0.1) is 5.92 Å². The third-order valence-electron chi connectivity index (χ3n) is 2.64. The molecule has 1 amide bonds. The van der Waals surface area contributed by atoms with Crippen LogP contribution in [-0.4, -0.2) is 55.6 Å². The fourth-order valence-corrected chi connectivity index (χ4v) is 2.68. The molecule has 0 aromatic carbocycles. The monoisotopic (exact) mass is 264 g/mol. The summed E-state index contributed by atoms with van der Waals surface area (Å²) in [6.07, 6.45) is 2.29. The molecule has 0 aromatic rings. The smallest absolute Gasteiger partial charge is 0.322 e. The van der Waals surface area contributed by atoms with Gasteiger partial charge in [-0.2, -0.15) is 0 Å². The van der Waals surface area contributed by atoms with E-state index in [-0.39, 0.29) is 6.54 Å². The van der Waals surface area contributed by atoms with Gasteiger partial charge in [0, 0.05) is 13.1 Å². The molecule has 0 bridgehead atoms. The van der Waals surface area contributed by atoms with E-state index < -0.39 is 34.4 Å². The lowest BCUT2D eigenvalue weighted by molar-refractivity contribution is -0.138. The summed E-state index contributed by atoms with van der Waals surface area (Å²) in [7, 11) is -3.29. The number of rotatable bonds is 4. The first-order valence-electron chi connectivity index (χ1n) is 5.25. The number of carbonyl (C=O) groups is 2. The Morgan fingerprint density at radius 2 is 2.12 bits per heavy atom. The van der Waals surface area contributed by atoms with Crippen molar-refractivity contribution in [1.29, 1.82) is 0 Å². The van der Waals surface area contributed by atoms with E-state index in [9.17, 15) is 18.0 Å². The molecular weight excluding hydrogens is 248 g/mol. The lowest BCUT2D eigenvalue weighted by atomic mass is 9.99. The standard InChI is InChI=1S/C9H16N2O5S/c1-17(15,16)11-4-2-3-7(6-11)9(14)10-5-8(12)13/h7H,2-6H2,1H3,(H,10,14)(H,12,13). The Bertz CT molecular complexity index is 406. The Balaban J connectivity index is 2.55. The molecule has 1 heterocycles. The molecule has 1 unspecified atom stereocenters. The predicted octanol–water partition coefficient (Wildman–Crippen LogP) is -1.14. The SMILES string of the molecule is CS(=O)(=O)N1CCCC(C(=O)NCC(=O)O)C1. The first-order chi connectivity index (χ1) is 7.80. The van der Waals surface area contributed by atoms with Crippen LogP contribution < -0.4 is 5.32 Å². The van der Waals surface area contributed by atoms with E-state index in [2.05, 4.69) is 5.32 Å². The fourth-order valence-electron chi connectivity index (χ4n) is 1.76. The number of carboxylic acid groups (broad SMARTS) is 1. The molecule has 7 nitrogen and oxygen atoms in total. The van der Waals surface area contributed by atoms with E-state index in [4.69, 9.17) is 5.11 Å². The number of aliphatic carboxylic acids is 1. The van der Waals surface area contributed by atoms with Gasteiger partial charge in [-0.05, 0) is 12.8 Å². The molecule has 1 saturated heterocycles. The summed E-state index contributed by atoms with van der Waals surface area (Å²) in [5.41, 5.74) is 0. The third kappa shape index (κ3) is 4.31. The molecule has 1 aliphatic heterocycles. The van der Waals surface area contributed by atoms with Gasteiger partial charge in [-0.15, -0.1) is 0 Å². The lowest BCUT2D eigenvalue weighted by Gasteiger charge is -2.29. The molecule has 2 N–H and O–H groups in total. The Labute approximate surface area is 99.8 Å². The van der Waals surface area contributed by atoms with Gasteiger partial charge in [-0.1, -0.05) is 0 Å². The Hall–Kier alpha value is -1.15. The second kappa shape index (κ2) is 5.46. The van der Waals surface area contributed by atoms with E-state index >= 15 is 0 Å². The van der Waals surface area contributed by atoms with Gasteiger partial charge in [0.2, 0.25) is 15.9 Å². The molecule has 8 heteroatoms. The summed E-state index contributed by atoms with van der Waals surface area (Å²) >= 11 is 0. The molecule has 0 spiro atoms. The largest absolute Gasteiger partial charge is 0.480 e. The summed E-state index contributed by atoms with van der Waals surface area (Å²) < 4.78 is 23.9. The van der Waals surface area contributed by atoms with E-state index in [0.717, 1.165) is 6.26 Å².